The van der Waals surface area contributed by atoms with Crippen LogP contribution in [0.2, 0.25) is 0 Å². The molecule has 0 radical (unpaired) electrons. The van der Waals surface area contributed by atoms with E-state index >= 15 is 0 Å². The molecule has 1 N–H and O–H groups in total. The second-order valence-electron chi connectivity index (χ2n) is 4.87. The van der Waals surface area contributed by atoms with Crippen molar-refractivity contribution in [3.05, 3.63) is 42.5 Å². The Morgan fingerprint density at radius 1 is 1.05 bits per heavy atom. The molecule has 1 aromatic heterocycles. The van der Waals surface area contributed by atoms with E-state index in [1.54, 1.807) is 18.5 Å². The van der Waals surface area contributed by atoms with Crippen LogP contribution in [-0.2, 0) is 0 Å². The van der Waals surface area contributed by atoms with Crippen LogP contribution >= 0.6 is 0 Å². The highest BCUT2D eigenvalue weighted by atomic mass is 19.1. The largest absolute Gasteiger partial charge is 0.340 e. The fourth-order valence-corrected chi connectivity index (χ4v) is 2.35. The number of halogens is 1. The van der Waals surface area contributed by atoms with Crippen LogP contribution in [0.15, 0.2) is 36.7 Å². The lowest BCUT2D eigenvalue weighted by atomic mass is 10.1. The first-order valence-electron chi connectivity index (χ1n) is 6.86. The number of nitrogens with zero attached hydrogens (tertiary/aromatic N) is 3. The molecular formula is C15H17FN4. The minimum atomic E-state index is -0.245. The molecule has 104 valence electrons. The second kappa shape index (κ2) is 5.96. The summed E-state index contributed by atoms with van der Waals surface area (Å²) in [6.07, 6.45) is 4.61. The van der Waals surface area contributed by atoms with Crippen molar-refractivity contribution < 1.29 is 4.39 Å². The third-order valence-electron chi connectivity index (χ3n) is 3.42. The molecule has 0 bridgehead atoms. The van der Waals surface area contributed by atoms with E-state index in [0.29, 0.717) is 0 Å². The van der Waals surface area contributed by atoms with Crippen molar-refractivity contribution in [1.82, 2.24) is 15.3 Å². The standard InChI is InChI=1S/C15H17FN4/c16-14-4-1-3-12(9-14)13-10-18-15(19-11-13)20-7-2-5-17-6-8-20/h1,3-4,9-11,17H,2,5-8H2. The molecule has 2 heterocycles. The van der Waals surface area contributed by atoms with Gasteiger partial charge in [-0.3, -0.25) is 0 Å². The van der Waals surface area contributed by atoms with E-state index in [9.17, 15) is 4.39 Å². The van der Waals surface area contributed by atoms with E-state index in [2.05, 4.69) is 20.2 Å². The van der Waals surface area contributed by atoms with Crippen LogP contribution in [0.25, 0.3) is 11.1 Å². The SMILES string of the molecule is Fc1cccc(-c2cnc(N3CCCNCC3)nc2)c1. The van der Waals surface area contributed by atoms with Crippen LogP contribution in [-0.4, -0.2) is 36.1 Å². The molecule has 1 fully saturated rings. The maximum atomic E-state index is 13.2. The normalized spacial score (nSPS) is 15.9. The summed E-state index contributed by atoms with van der Waals surface area (Å²) in [4.78, 5) is 11.0. The van der Waals surface area contributed by atoms with Crippen molar-refractivity contribution in [1.29, 1.82) is 0 Å². The molecule has 0 amide bonds. The molecule has 0 unspecified atom stereocenters. The van der Waals surface area contributed by atoms with Crippen molar-refractivity contribution in [2.75, 3.05) is 31.1 Å². The van der Waals surface area contributed by atoms with Crippen LogP contribution in [0.3, 0.4) is 0 Å². The topological polar surface area (TPSA) is 41.1 Å². The molecule has 4 nitrogen and oxygen atoms in total. The van der Waals surface area contributed by atoms with Crippen LogP contribution in [0.1, 0.15) is 6.42 Å². The van der Waals surface area contributed by atoms with Gasteiger partial charge >= 0.3 is 0 Å². The molecule has 1 aromatic carbocycles. The minimum Gasteiger partial charge on any atom is -0.340 e. The summed E-state index contributed by atoms with van der Waals surface area (Å²) in [5, 5.41) is 3.35. The van der Waals surface area contributed by atoms with Gasteiger partial charge in [0.1, 0.15) is 5.82 Å². The lowest BCUT2D eigenvalue weighted by Crippen LogP contribution is -2.29. The summed E-state index contributed by atoms with van der Waals surface area (Å²) in [6, 6.07) is 6.48. The Morgan fingerprint density at radius 3 is 2.70 bits per heavy atom. The summed E-state index contributed by atoms with van der Waals surface area (Å²) in [5.74, 6) is 0.499. The molecule has 20 heavy (non-hydrogen) atoms. The van der Waals surface area contributed by atoms with Crippen LogP contribution in [0.5, 0.6) is 0 Å². The Balaban J connectivity index is 1.80. The van der Waals surface area contributed by atoms with Crippen molar-refractivity contribution in [3.8, 4) is 11.1 Å². The highest BCUT2D eigenvalue weighted by Crippen LogP contribution is 2.19. The lowest BCUT2D eigenvalue weighted by molar-refractivity contribution is 0.628. The first-order valence-corrected chi connectivity index (χ1v) is 6.86. The van der Waals surface area contributed by atoms with Crippen molar-refractivity contribution in [2.24, 2.45) is 0 Å². The zero-order valence-electron chi connectivity index (χ0n) is 11.2. The van der Waals surface area contributed by atoms with E-state index in [1.807, 2.05) is 6.07 Å². The summed E-state index contributed by atoms with van der Waals surface area (Å²) in [6.45, 7) is 3.87. The fourth-order valence-electron chi connectivity index (χ4n) is 2.35. The van der Waals surface area contributed by atoms with Gasteiger partial charge in [-0.05, 0) is 30.7 Å². The van der Waals surface area contributed by atoms with E-state index in [1.165, 1.54) is 12.1 Å². The predicted octanol–water partition coefficient (Wildman–Crippen LogP) is 2.08. The van der Waals surface area contributed by atoms with Gasteiger partial charge in [0.25, 0.3) is 0 Å². The van der Waals surface area contributed by atoms with Crippen LogP contribution in [0.4, 0.5) is 10.3 Å². The number of benzene rings is 1. The maximum Gasteiger partial charge on any atom is 0.225 e. The Morgan fingerprint density at radius 2 is 1.90 bits per heavy atom. The second-order valence-corrected chi connectivity index (χ2v) is 4.87. The van der Waals surface area contributed by atoms with Crippen molar-refractivity contribution in [3.63, 3.8) is 0 Å². The van der Waals surface area contributed by atoms with Crippen LogP contribution in [0, 0.1) is 5.82 Å². The zero-order chi connectivity index (χ0) is 13.8. The van der Waals surface area contributed by atoms with E-state index in [-0.39, 0.29) is 5.82 Å². The lowest BCUT2D eigenvalue weighted by Gasteiger charge is -2.19. The maximum absolute atomic E-state index is 13.2. The predicted molar refractivity (Wildman–Crippen MR) is 77.1 cm³/mol. The average Bonchev–Trinajstić information content (AvgIpc) is 2.76. The number of anilines is 1. The molecular weight excluding hydrogens is 255 g/mol. The molecule has 1 aliphatic rings. The van der Waals surface area contributed by atoms with Crippen molar-refractivity contribution in [2.45, 2.75) is 6.42 Å². The number of nitrogens with one attached hydrogen (secondary N) is 1. The molecule has 0 saturated carbocycles. The Hall–Kier alpha value is -2.01. The van der Waals surface area contributed by atoms with Gasteiger partial charge in [0, 0.05) is 37.6 Å². The number of aromatic nitrogens is 2. The molecule has 3 rings (SSSR count). The highest BCUT2D eigenvalue weighted by molar-refractivity contribution is 5.62. The summed E-state index contributed by atoms with van der Waals surface area (Å²) in [7, 11) is 0. The molecule has 2 aromatic rings. The monoisotopic (exact) mass is 272 g/mol. The van der Waals surface area contributed by atoms with E-state index in [0.717, 1.165) is 49.7 Å². The van der Waals surface area contributed by atoms with Gasteiger partial charge in [0.2, 0.25) is 5.95 Å². The van der Waals surface area contributed by atoms with Gasteiger partial charge in [0.15, 0.2) is 0 Å². The quantitative estimate of drug-likeness (QED) is 0.909. The summed E-state index contributed by atoms with van der Waals surface area (Å²) < 4.78 is 13.2. The molecule has 0 atom stereocenters. The van der Waals surface area contributed by atoms with Crippen LogP contribution < -0.4 is 10.2 Å². The molecule has 0 aliphatic carbocycles. The Kier molecular flexibility index (Phi) is 3.87. The minimum absolute atomic E-state index is 0.245. The van der Waals surface area contributed by atoms with Gasteiger partial charge in [-0.1, -0.05) is 12.1 Å². The smallest absolute Gasteiger partial charge is 0.225 e. The highest BCUT2D eigenvalue weighted by Gasteiger charge is 2.12. The van der Waals surface area contributed by atoms with Gasteiger partial charge in [-0.2, -0.15) is 0 Å². The third-order valence-corrected chi connectivity index (χ3v) is 3.42. The Bertz CT molecular complexity index is 562. The third kappa shape index (κ3) is 2.93. The first kappa shape index (κ1) is 13.0. The Labute approximate surface area is 117 Å². The number of hydrogen-bond donors (Lipinski definition) is 1. The van der Waals surface area contributed by atoms with Gasteiger partial charge < -0.3 is 10.2 Å². The van der Waals surface area contributed by atoms with E-state index in [4.69, 9.17) is 0 Å². The molecule has 1 aliphatic heterocycles. The fraction of sp³-hybridized carbons (Fsp3) is 0.333. The zero-order valence-corrected chi connectivity index (χ0v) is 11.2. The van der Waals surface area contributed by atoms with Gasteiger partial charge in [-0.25, -0.2) is 14.4 Å². The van der Waals surface area contributed by atoms with Gasteiger partial charge in [-0.15, -0.1) is 0 Å². The van der Waals surface area contributed by atoms with E-state index < -0.39 is 0 Å². The average molecular weight is 272 g/mol. The first-order chi connectivity index (χ1) is 9.83. The number of rotatable bonds is 2. The summed E-state index contributed by atoms with van der Waals surface area (Å²) >= 11 is 0. The number of hydrogen-bond acceptors (Lipinski definition) is 4. The molecule has 5 heteroatoms. The molecule has 0 spiro atoms. The molecule has 1 saturated heterocycles. The van der Waals surface area contributed by atoms with Crippen molar-refractivity contribution >= 4 is 5.95 Å². The summed E-state index contributed by atoms with van der Waals surface area (Å²) in [5.41, 5.74) is 1.63. The van der Waals surface area contributed by atoms with Gasteiger partial charge in [0.05, 0.1) is 0 Å².